The van der Waals surface area contributed by atoms with Gasteiger partial charge >= 0.3 is 5.97 Å². The summed E-state index contributed by atoms with van der Waals surface area (Å²) in [5.74, 6) is -0.768. The number of esters is 1. The number of carbonyl (C=O) groups is 2. The normalized spacial score (nSPS) is 10.2. The molecule has 21 heavy (non-hydrogen) atoms. The highest BCUT2D eigenvalue weighted by Gasteiger charge is 2.16. The zero-order valence-corrected chi connectivity index (χ0v) is 13.0. The zero-order valence-electron chi connectivity index (χ0n) is 11.5. The first-order valence-electron chi connectivity index (χ1n) is 6.22. The Bertz CT molecular complexity index is 685. The van der Waals surface area contributed by atoms with Gasteiger partial charge in [-0.05, 0) is 37.6 Å². The van der Waals surface area contributed by atoms with Crippen LogP contribution in [0.5, 0.6) is 0 Å². The summed E-state index contributed by atoms with van der Waals surface area (Å²) in [6.07, 6.45) is 0. The molecule has 5 nitrogen and oxygen atoms in total. The first-order chi connectivity index (χ1) is 10.0. The molecular formula is C14H13ClN2O3S. The van der Waals surface area contributed by atoms with Gasteiger partial charge in [0, 0.05) is 0 Å². The highest BCUT2D eigenvalue weighted by atomic mass is 35.5. The summed E-state index contributed by atoms with van der Waals surface area (Å²) in [6, 6.07) is 6.52. The smallest absolute Gasteiger partial charge is 0.348 e. The van der Waals surface area contributed by atoms with Crippen molar-refractivity contribution >= 4 is 39.8 Å². The second kappa shape index (κ2) is 6.69. The first-order valence-corrected chi connectivity index (χ1v) is 7.42. The third kappa shape index (κ3) is 3.80. The Labute approximate surface area is 130 Å². The predicted molar refractivity (Wildman–Crippen MR) is 82.2 cm³/mol. The fourth-order valence-corrected chi connectivity index (χ4v) is 2.78. The van der Waals surface area contributed by atoms with E-state index in [9.17, 15) is 9.59 Å². The van der Waals surface area contributed by atoms with Gasteiger partial charge in [-0.1, -0.05) is 17.7 Å². The summed E-state index contributed by atoms with van der Waals surface area (Å²) >= 11 is 6.92. The standard InChI is InChI=1S/C14H13ClN2O3S/c1-3-20-14(19)12-8(2)7-11(21-12)17-13(18)9-5-4-6-10(15)16-9/h4-7H,3H2,1-2H3,(H,17,18). The van der Waals surface area contributed by atoms with E-state index >= 15 is 0 Å². The van der Waals surface area contributed by atoms with Crippen molar-refractivity contribution in [3.05, 3.63) is 45.6 Å². The molecule has 0 aromatic carbocycles. The number of hydrogen-bond donors (Lipinski definition) is 1. The van der Waals surface area contributed by atoms with Crippen LogP contribution in [-0.4, -0.2) is 23.5 Å². The Kier molecular flexibility index (Phi) is 4.93. The SMILES string of the molecule is CCOC(=O)c1sc(NC(=O)c2cccc(Cl)n2)cc1C. The van der Waals surface area contributed by atoms with Crippen molar-refractivity contribution in [1.82, 2.24) is 4.98 Å². The molecule has 1 amide bonds. The molecule has 0 fully saturated rings. The fraction of sp³-hybridized carbons (Fsp3) is 0.214. The van der Waals surface area contributed by atoms with Crippen LogP contribution < -0.4 is 5.32 Å². The number of anilines is 1. The first kappa shape index (κ1) is 15.5. The van der Waals surface area contributed by atoms with Crippen molar-refractivity contribution in [3.8, 4) is 0 Å². The minimum Gasteiger partial charge on any atom is -0.462 e. The number of nitrogens with zero attached hydrogens (tertiary/aromatic N) is 1. The number of thiophene rings is 1. The highest BCUT2D eigenvalue weighted by molar-refractivity contribution is 7.18. The molecule has 0 unspecified atom stereocenters. The molecule has 0 aliphatic rings. The maximum Gasteiger partial charge on any atom is 0.348 e. The van der Waals surface area contributed by atoms with Gasteiger partial charge in [0.15, 0.2) is 0 Å². The number of aryl methyl sites for hydroxylation is 1. The molecule has 2 heterocycles. The van der Waals surface area contributed by atoms with Crippen LogP contribution in [0, 0.1) is 6.92 Å². The van der Waals surface area contributed by atoms with Crippen LogP contribution in [0.2, 0.25) is 5.15 Å². The minimum atomic E-state index is -0.388. The zero-order chi connectivity index (χ0) is 15.4. The maximum absolute atomic E-state index is 12.0. The Morgan fingerprint density at radius 3 is 2.86 bits per heavy atom. The molecule has 0 saturated carbocycles. The molecular weight excluding hydrogens is 312 g/mol. The average Bonchev–Trinajstić information content (AvgIpc) is 2.80. The van der Waals surface area contributed by atoms with Crippen molar-refractivity contribution in [1.29, 1.82) is 0 Å². The summed E-state index contributed by atoms with van der Waals surface area (Å²) in [7, 11) is 0. The van der Waals surface area contributed by atoms with Crippen LogP contribution in [-0.2, 0) is 4.74 Å². The van der Waals surface area contributed by atoms with E-state index in [-0.39, 0.29) is 22.7 Å². The molecule has 2 rings (SSSR count). The molecule has 110 valence electrons. The summed E-state index contributed by atoms with van der Waals surface area (Å²) in [5.41, 5.74) is 0.971. The van der Waals surface area contributed by atoms with E-state index in [1.54, 1.807) is 38.1 Å². The van der Waals surface area contributed by atoms with Gasteiger partial charge in [0.2, 0.25) is 0 Å². The van der Waals surface area contributed by atoms with Crippen LogP contribution >= 0.6 is 22.9 Å². The summed E-state index contributed by atoms with van der Waals surface area (Å²) in [6.45, 7) is 3.84. The molecule has 7 heteroatoms. The quantitative estimate of drug-likeness (QED) is 0.690. The third-order valence-corrected chi connectivity index (χ3v) is 3.91. The van der Waals surface area contributed by atoms with Crippen molar-refractivity contribution in [3.63, 3.8) is 0 Å². The van der Waals surface area contributed by atoms with E-state index in [1.807, 2.05) is 0 Å². The predicted octanol–water partition coefficient (Wildman–Crippen LogP) is 3.53. The van der Waals surface area contributed by atoms with Crippen molar-refractivity contribution in [2.24, 2.45) is 0 Å². The largest absolute Gasteiger partial charge is 0.462 e. The molecule has 2 aromatic heterocycles. The van der Waals surface area contributed by atoms with E-state index in [0.29, 0.717) is 16.5 Å². The van der Waals surface area contributed by atoms with Gasteiger partial charge in [-0.25, -0.2) is 9.78 Å². The van der Waals surface area contributed by atoms with Crippen LogP contribution in [0.1, 0.15) is 32.6 Å². The lowest BCUT2D eigenvalue weighted by atomic mass is 10.3. The number of hydrogen-bond acceptors (Lipinski definition) is 5. The van der Waals surface area contributed by atoms with Crippen LogP contribution in [0.25, 0.3) is 0 Å². The number of amides is 1. The summed E-state index contributed by atoms with van der Waals surface area (Å²) in [5, 5.41) is 3.50. The second-order valence-electron chi connectivity index (χ2n) is 4.14. The Hall–Kier alpha value is -1.92. The number of rotatable bonds is 4. The Morgan fingerprint density at radius 1 is 1.43 bits per heavy atom. The lowest BCUT2D eigenvalue weighted by Crippen LogP contribution is -2.12. The second-order valence-corrected chi connectivity index (χ2v) is 5.58. The number of halogens is 1. The molecule has 0 aliphatic carbocycles. The fourth-order valence-electron chi connectivity index (χ4n) is 1.65. The molecule has 0 radical (unpaired) electrons. The lowest BCUT2D eigenvalue weighted by Gasteiger charge is -2.01. The van der Waals surface area contributed by atoms with E-state index in [1.165, 1.54) is 11.3 Å². The number of aromatic nitrogens is 1. The minimum absolute atomic E-state index is 0.214. The molecule has 2 aromatic rings. The van der Waals surface area contributed by atoms with Gasteiger partial charge in [0.1, 0.15) is 15.7 Å². The molecule has 0 bridgehead atoms. The number of nitrogens with one attached hydrogen (secondary N) is 1. The summed E-state index contributed by atoms with van der Waals surface area (Å²) < 4.78 is 4.96. The summed E-state index contributed by atoms with van der Waals surface area (Å²) in [4.78, 5) is 28.2. The Balaban J connectivity index is 2.15. The average molecular weight is 325 g/mol. The van der Waals surface area contributed by atoms with E-state index in [0.717, 1.165) is 5.56 Å². The number of ether oxygens (including phenoxy) is 1. The maximum atomic E-state index is 12.0. The monoisotopic (exact) mass is 324 g/mol. The highest BCUT2D eigenvalue weighted by Crippen LogP contribution is 2.27. The van der Waals surface area contributed by atoms with Crippen LogP contribution in [0.4, 0.5) is 5.00 Å². The van der Waals surface area contributed by atoms with Crippen molar-refractivity contribution < 1.29 is 14.3 Å². The van der Waals surface area contributed by atoms with Gasteiger partial charge in [0.05, 0.1) is 11.6 Å². The van der Waals surface area contributed by atoms with Gasteiger partial charge in [0.25, 0.3) is 5.91 Å². The van der Waals surface area contributed by atoms with Crippen molar-refractivity contribution in [2.45, 2.75) is 13.8 Å². The number of pyridine rings is 1. The van der Waals surface area contributed by atoms with Crippen LogP contribution in [0.3, 0.4) is 0 Å². The van der Waals surface area contributed by atoms with Gasteiger partial charge in [-0.3, -0.25) is 4.79 Å². The topological polar surface area (TPSA) is 68.3 Å². The molecule has 0 atom stereocenters. The van der Waals surface area contributed by atoms with Crippen molar-refractivity contribution in [2.75, 3.05) is 11.9 Å². The molecule has 0 aliphatic heterocycles. The molecule has 0 saturated heterocycles. The Morgan fingerprint density at radius 2 is 2.19 bits per heavy atom. The third-order valence-electron chi connectivity index (χ3n) is 2.56. The molecule has 1 N–H and O–H groups in total. The van der Waals surface area contributed by atoms with E-state index in [2.05, 4.69) is 10.3 Å². The van der Waals surface area contributed by atoms with E-state index in [4.69, 9.17) is 16.3 Å². The van der Waals surface area contributed by atoms with Gasteiger partial charge < -0.3 is 10.1 Å². The van der Waals surface area contributed by atoms with E-state index < -0.39 is 0 Å². The van der Waals surface area contributed by atoms with Crippen LogP contribution in [0.15, 0.2) is 24.3 Å². The van der Waals surface area contributed by atoms with Gasteiger partial charge in [-0.2, -0.15) is 0 Å². The van der Waals surface area contributed by atoms with Gasteiger partial charge in [-0.15, -0.1) is 11.3 Å². The lowest BCUT2D eigenvalue weighted by molar-refractivity contribution is 0.0531. The number of carbonyl (C=O) groups excluding carboxylic acids is 2. The molecule has 0 spiro atoms.